The molecule has 0 aliphatic heterocycles. The Kier molecular flexibility index (Phi) is 5.27. The molecule has 2 aromatic carbocycles. The summed E-state index contributed by atoms with van der Waals surface area (Å²) >= 11 is 0. The summed E-state index contributed by atoms with van der Waals surface area (Å²) in [5.74, 6) is 0.822. The molecule has 0 aromatic heterocycles. The number of nitriles is 1. The second-order valence-corrected chi connectivity index (χ2v) is 6.94. The van der Waals surface area contributed by atoms with Crippen molar-refractivity contribution in [2.45, 2.75) is 11.8 Å². The fourth-order valence-electron chi connectivity index (χ4n) is 2.18. The zero-order chi connectivity index (χ0) is 17.7. The van der Waals surface area contributed by atoms with Gasteiger partial charge in [0.2, 0.25) is 9.84 Å². The smallest absolute Gasteiger partial charge is 0.216 e. The number of para-hydroxylation sites is 1. The highest BCUT2D eigenvalue weighted by molar-refractivity contribution is 7.95. The van der Waals surface area contributed by atoms with Crippen molar-refractivity contribution in [2.24, 2.45) is 0 Å². The van der Waals surface area contributed by atoms with Crippen LogP contribution in [0.1, 0.15) is 11.1 Å². The largest absolute Gasteiger partial charge is 0.493 e. The first-order valence-electron chi connectivity index (χ1n) is 7.08. The van der Waals surface area contributed by atoms with Crippen LogP contribution in [0.15, 0.2) is 52.3 Å². The number of methoxy groups -OCH3 is 2. The summed E-state index contributed by atoms with van der Waals surface area (Å²) in [5.41, 5.74) is 1.38. The first kappa shape index (κ1) is 17.6. The first-order chi connectivity index (χ1) is 11.4. The van der Waals surface area contributed by atoms with Crippen molar-refractivity contribution in [2.75, 3.05) is 14.2 Å². The third-order valence-corrected chi connectivity index (χ3v) is 5.13. The van der Waals surface area contributed by atoms with Crippen molar-refractivity contribution >= 4 is 15.9 Å². The number of benzene rings is 2. The minimum Gasteiger partial charge on any atom is -0.493 e. The van der Waals surface area contributed by atoms with Gasteiger partial charge in [0.15, 0.2) is 11.5 Å². The van der Waals surface area contributed by atoms with Crippen LogP contribution in [0.25, 0.3) is 6.08 Å². The molecule has 5 nitrogen and oxygen atoms in total. The van der Waals surface area contributed by atoms with Crippen molar-refractivity contribution in [3.63, 3.8) is 0 Å². The van der Waals surface area contributed by atoms with E-state index in [0.29, 0.717) is 17.1 Å². The van der Waals surface area contributed by atoms with Gasteiger partial charge in [-0.05, 0) is 31.2 Å². The predicted molar refractivity (Wildman–Crippen MR) is 91.5 cm³/mol. The van der Waals surface area contributed by atoms with Gasteiger partial charge in [0.05, 0.1) is 19.1 Å². The molecule has 0 radical (unpaired) electrons. The third kappa shape index (κ3) is 3.42. The molecule has 2 rings (SSSR count). The van der Waals surface area contributed by atoms with Crippen LogP contribution >= 0.6 is 0 Å². The van der Waals surface area contributed by atoms with Crippen LogP contribution in [0.4, 0.5) is 0 Å². The Balaban J connectivity index is 2.58. The number of aryl methyl sites for hydroxylation is 1. The Hall–Kier alpha value is -2.78. The second kappa shape index (κ2) is 7.20. The van der Waals surface area contributed by atoms with E-state index in [2.05, 4.69) is 0 Å². The van der Waals surface area contributed by atoms with Crippen molar-refractivity contribution in [1.29, 1.82) is 5.26 Å². The fraction of sp³-hybridized carbons (Fsp3) is 0.167. The number of ether oxygens (including phenoxy) is 2. The second-order valence-electron chi connectivity index (χ2n) is 5.02. The van der Waals surface area contributed by atoms with Gasteiger partial charge in [-0.2, -0.15) is 5.26 Å². The molecule has 124 valence electrons. The number of allylic oxidation sites excluding steroid dienone is 1. The summed E-state index contributed by atoms with van der Waals surface area (Å²) in [6.45, 7) is 1.86. The van der Waals surface area contributed by atoms with Gasteiger partial charge in [0, 0.05) is 5.56 Å². The maximum Gasteiger partial charge on any atom is 0.216 e. The van der Waals surface area contributed by atoms with Crippen LogP contribution in [0.2, 0.25) is 0 Å². The summed E-state index contributed by atoms with van der Waals surface area (Å²) < 4.78 is 35.8. The van der Waals surface area contributed by atoms with E-state index in [-0.39, 0.29) is 9.80 Å². The van der Waals surface area contributed by atoms with Gasteiger partial charge in [0.25, 0.3) is 0 Å². The van der Waals surface area contributed by atoms with Crippen molar-refractivity contribution in [3.8, 4) is 17.6 Å². The minimum absolute atomic E-state index is 0.0720. The zero-order valence-electron chi connectivity index (χ0n) is 13.6. The molecule has 0 aliphatic carbocycles. The number of hydrogen-bond acceptors (Lipinski definition) is 5. The highest BCUT2D eigenvalue weighted by atomic mass is 32.2. The highest BCUT2D eigenvalue weighted by Gasteiger charge is 2.21. The Labute approximate surface area is 141 Å². The summed E-state index contributed by atoms with van der Waals surface area (Å²) in [6, 6.07) is 13.2. The lowest BCUT2D eigenvalue weighted by molar-refractivity contribution is 0.354. The lowest BCUT2D eigenvalue weighted by Crippen LogP contribution is -2.04. The van der Waals surface area contributed by atoms with Gasteiger partial charge in [-0.25, -0.2) is 8.42 Å². The molecule has 0 atom stereocenters. The average Bonchev–Trinajstić information content (AvgIpc) is 2.59. The maximum absolute atomic E-state index is 12.7. The van der Waals surface area contributed by atoms with E-state index >= 15 is 0 Å². The van der Waals surface area contributed by atoms with E-state index in [9.17, 15) is 13.7 Å². The summed E-state index contributed by atoms with van der Waals surface area (Å²) in [7, 11) is -0.967. The van der Waals surface area contributed by atoms with E-state index in [0.717, 1.165) is 5.56 Å². The highest BCUT2D eigenvalue weighted by Crippen LogP contribution is 2.33. The first-order valence-corrected chi connectivity index (χ1v) is 8.57. The number of rotatable bonds is 5. The molecule has 0 bridgehead atoms. The summed E-state index contributed by atoms with van der Waals surface area (Å²) in [6.07, 6.45) is 1.29. The topological polar surface area (TPSA) is 76.4 Å². The van der Waals surface area contributed by atoms with Crippen LogP contribution in [0.5, 0.6) is 11.5 Å². The fourth-order valence-corrected chi connectivity index (χ4v) is 3.33. The van der Waals surface area contributed by atoms with Gasteiger partial charge in [-0.15, -0.1) is 0 Å². The molecule has 0 fully saturated rings. The molecule has 0 unspecified atom stereocenters. The Bertz CT molecular complexity index is 907. The summed E-state index contributed by atoms with van der Waals surface area (Å²) in [5, 5.41) is 9.36. The number of sulfone groups is 1. The van der Waals surface area contributed by atoms with E-state index in [1.165, 1.54) is 32.4 Å². The Morgan fingerprint density at radius 1 is 1.08 bits per heavy atom. The SMILES string of the molecule is COc1cccc(/C=C(\C#N)S(=O)(=O)c2ccc(C)cc2)c1OC. The van der Waals surface area contributed by atoms with Crippen LogP contribution in [-0.2, 0) is 9.84 Å². The molecule has 0 N–H and O–H groups in total. The van der Waals surface area contributed by atoms with Crippen LogP contribution in [-0.4, -0.2) is 22.6 Å². The molecule has 0 aliphatic rings. The van der Waals surface area contributed by atoms with Gasteiger partial charge in [-0.1, -0.05) is 29.8 Å². The molecule has 0 amide bonds. The molecule has 6 heteroatoms. The van der Waals surface area contributed by atoms with Crippen molar-refractivity contribution in [3.05, 3.63) is 58.5 Å². The quantitative estimate of drug-likeness (QED) is 0.778. The maximum atomic E-state index is 12.7. The molecular weight excluding hydrogens is 326 g/mol. The number of nitrogens with zero attached hydrogens (tertiary/aromatic N) is 1. The van der Waals surface area contributed by atoms with Gasteiger partial charge >= 0.3 is 0 Å². The minimum atomic E-state index is -3.91. The average molecular weight is 343 g/mol. The number of hydrogen-bond donors (Lipinski definition) is 0. The standard InChI is InChI=1S/C18H17NO4S/c1-13-7-9-15(10-8-13)24(20,21)16(12-19)11-14-5-4-6-17(22-2)18(14)23-3/h4-11H,1-3H3/b16-11+. The van der Waals surface area contributed by atoms with E-state index in [4.69, 9.17) is 9.47 Å². The normalized spacial score (nSPS) is 11.7. The van der Waals surface area contributed by atoms with E-state index in [1.54, 1.807) is 36.4 Å². The Morgan fingerprint density at radius 2 is 1.75 bits per heavy atom. The molecule has 2 aromatic rings. The molecule has 0 saturated carbocycles. The van der Waals surface area contributed by atoms with Gasteiger partial charge in [0.1, 0.15) is 11.0 Å². The monoisotopic (exact) mass is 343 g/mol. The van der Waals surface area contributed by atoms with Gasteiger partial charge in [-0.3, -0.25) is 0 Å². The van der Waals surface area contributed by atoms with Gasteiger partial charge < -0.3 is 9.47 Å². The summed E-state index contributed by atoms with van der Waals surface area (Å²) in [4.78, 5) is -0.291. The molecule has 0 saturated heterocycles. The van der Waals surface area contributed by atoms with Crippen molar-refractivity contribution in [1.82, 2.24) is 0 Å². The van der Waals surface area contributed by atoms with Crippen LogP contribution in [0.3, 0.4) is 0 Å². The Morgan fingerprint density at radius 3 is 2.29 bits per heavy atom. The van der Waals surface area contributed by atoms with E-state index in [1.807, 2.05) is 6.92 Å². The lowest BCUT2D eigenvalue weighted by Gasteiger charge is -2.10. The zero-order valence-corrected chi connectivity index (χ0v) is 14.4. The van der Waals surface area contributed by atoms with Crippen molar-refractivity contribution < 1.29 is 17.9 Å². The molecule has 0 spiro atoms. The predicted octanol–water partition coefficient (Wildman–Crippen LogP) is 3.35. The van der Waals surface area contributed by atoms with E-state index < -0.39 is 9.84 Å². The van der Waals surface area contributed by atoms with Crippen LogP contribution < -0.4 is 9.47 Å². The lowest BCUT2D eigenvalue weighted by atomic mass is 10.1. The molecule has 24 heavy (non-hydrogen) atoms. The molecule has 0 heterocycles. The third-order valence-electron chi connectivity index (χ3n) is 3.45. The van der Waals surface area contributed by atoms with Crippen LogP contribution in [0, 0.1) is 18.3 Å². The molecular formula is C18H17NO4S.